The molecule has 0 fully saturated rings. The summed E-state index contributed by atoms with van der Waals surface area (Å²) in [6.45, 7) is 5.08. The lowest BCUT2D eigenvalue weighted by Crippen LogP contribution is -2.26. The molecule has 0 aliphatic carbocycles. The molecule has 0 bridgehead atoms. The summed E-state index contributed by atoms with van der Waals surface area (Å²) in [5.74, 6) is 1.17. The minimum Gasteiger partial charge on any atom is -0.358 e. The van der Waals surface area contributed by atoms with Crippen LogP contribution >= 0.6 is 0 Å². The van der Waals surface area contributed by atoms with Crippen molar-refractivity contribution in [2.45, 2.75) is 26.9 Å². The van der Waals surface area contributed by atoms with Gasteiger partial charge in [-0.15, -0.1) is 0 Å². The summed E-state index contributed by atoms with van der Waals surface area (Å²) in [7, 11) is 0. The fraction of sp³-hybridized carbons (Fsp3) is 0.455. The molecule has 0 amide bonds. The van der Waals surface area contributed by atoms with Crippen LogP contribution in [-0.2, 0) is 13.1 Å². The molecule has 0 saturated heterocycles. The van der Waals surface area contributed by atoms with Crippen LogP contribution in [-0.4, -0.2) is 19.7 Å². The van der Waals surface area contributed by atoms with Crippen LogP contribution < -0.4 is 10.9 Å². The summed E-state index contributed by atoms with van der Waals surface area (Å²) in [4.78, 5) is 19.9. The first-order valence-corrected chi connectivity index (χ1v) is 5.71. The van der Waals surface area contributed by atoms with Crippen molar-refractivity contribution in [3.05, 3.63) is 35.0 Å². The molecular weight excluding hydrogens is 234 g/mol. The van der Waals surface area contributed by atoms with Crippen LogP contribution in [0.25, 0.3) is 0 Å². The summed E-state index contributed by atoms with van der Waals surface area (Å²) in [5.41, 5.74) is -0.144. The molecule has 18 heavy (non-hydrogen) atoms. The van der Waals surface area contributed by atoms with Gasteiger partial charge in [0, 0.05) is 18.9 Å². The van der Waals surface area contributed by atoms with E-state index in [2.05, 4.69) is 38.8 Å². The van der Waals surface area contributed by atoms with Crippen LogP contribution in [0.3, 0.4) is 0 Å². The normalized spacial score (nSPS) is 10.8. The highest BCUT2D eigenvalue weighted by Gasteiger charge is 2.07. The lowest BCUT2D eigenvalue weighted by atomic mass is 10.2. The minimum atomic E-state index is -0.144. The van der Waals surface area contributed by atoms with Crippen molar-refractivity contribution in [3.8, 4) is 0 Å². The van der Waals surface area contributed by atoms with Crippen LogP contribution in [0.1, 0.15) is 19.7 Å². The van der Waals surface area contributed by atoms with E-state index in [4.69, 9.17) is 0 Å². The van der Waals surface area contributed by atoms with Gasteiger partial charge in [0.15, 0.2) is 11.6 Å². The Morgan fingerprint density at radius 3 is 2.94 bits per heavy atom. The molecule has 0 aliphatic rings. The molecule has 0 radical (unpaired) electrons. The molecule has 0 unspecified atom stereocenters. The van der Waals surface area contributed by atoms with E-state index < -0.39 is 0 Å². The summed E-state index contributed by atoms with van der Waals surface area (Å²) < 4.78 is 6.24. The van der Waals surface area contributed by atoms with Gasteiger partial charge in [0.05, 0.1) is 6.54 Å². The van der Waals surface area contributed by atoms with Crippen molar-refractivity contribution in [1.82, 2.24) is 19.7 Å². The average Bonchev–Trinajstić information content (AvgIpc) is 2.83. The second-order valence-electron chi connectivity index (χ2n) is 4.33. The first-order chi connectivity index (χ1) is 8.66. The second-order valence-corrected chi connectivity index (χ2v) is 4.33. The van der Waals surface area contributed by atoms with Crippen LogP contribution in [0.15, 0.2) is 28.1 Å². The second kappa shape index (κ2) is 5.44. The Hall–Kier alpha value is -2.18. The topological polar surface area (TPSA) is 85.8 Å². The summed E-state index contributed by atoms with van der Waals surface area (Å²) >= 11 is 0. The highest BCUT2D eigenvalue weighted by Crippen LogP contribution is 2.00. The van der Waals surface area contributed by atoms with Gasteiger partial charge in [-0.1, -0.05) is 19.0 Å². The number of anilines is 1. The van der Waals surface area contributed by atoms with Gasteiger partial charge in [0.25, 0.3) is 5.56 Å². The van der Waals surface area contributed by atoms with Crippen molar-refractivity contribution in [3.63, 3.8) is 0 Å². The monoisotopic (exact) mass is 249 g/mol. The third-order valence-corrected chi connectivity index (χ3v) is 2.30. The first kappa shape index (κ1) is 12.3. The molecule has 0 spiro atoms. The van der Waals surface area contributed by atoms with Crippen LogP contribution in [0.5, 0.6) is 0 Å². The SMILES string of the molecule is CC(C)Cn1ccnc(NCc2ncon2)c1=O. The highest BCUT2D eigenvalue weighted by molar-refractivity contribution is 5.30. The van der Waals surface area contributed by atoms with Gasteiger partial charge >= 0.3 is 0 Å². The lowest BCUT2D eigenvalue weighted by molar-refractivity contribution is 0.411. The zero-order valence-corrected chi connectivity index (χ0v) is 10.3. The van der Waals surface area contributed by atoms with Gasteiger partial charge in [-0.2, -0.15) is 4.98 Å². The fourth-order valence-electron chi connectivity index (χ4n) is 1.54. The Kier molecular flexibility index (Phi) is 3.71. The molecule has 0 saturated carbocycles. The number of hydrogen-bond donors (Lipinski definition) is 1. The van der Waals surface area contributed by atoms with Gasteiger partial charge in [-0.05, 0) is 5.92 Å². The largest absolute Gasteiger partial charge is 0.358 e. The first-order valence-electron chi connectivity index (χ1n) is 5.71. The molecule has 7 nitrogen and oxygen atoms in total. The zero-order chi connectivity index (χ0) is 13.0. The lowest BCUT2D eigenvalue weighted by Gasteiger charge is -2.09. The maximum absolute atomic E-state index is 12.0. The molecule has 2 aromatic rings. The third kappa shape index (κ3) is 2.93. The Morgan fingerprint density at radius 2 is 2.28 bits per heavy atom. The average molecular weight is 249 g/mol. The zero-order valence-electron chi connectivity index (χ0n) is 10.3. The van der Waals surface area contributed by atoms with Gasteiger partial charge in [0.1, 0.15) is 0 Å². The molecule has 7 heteroatoms. The Balaban J connectivity index is 2.11. The maximum Gasteiger partial charge on any atom is 0.293 e. The minimum absolute atomic E-state index is 0.144. The molecule has 2 rings (SSSR count). The molecule has 2 heterocycles. The number of nitrogens with zero attached hydrogens (tertiary/aromatic N) is 4. The van der Waals surface area contributed by atoms with Crippen LogP contribution in [0.4, 0.5) is 5.82 Å². The number of rotatable bonds is 5. The number of nitrogens with one attached hydrogen (secondary N) is 1. The molecular formula is C11H15N5O2. The van der Waals surface area contributed by atoms with Crippen LogP contribution in [0.2, 0.25) is 0 Å². The van der Waals surface area contributed by atoms with Crippen molar-refractivity contribution in [1.29, 1.82) is 0 Å². The predicted molar refractivity (Wildman–Crippen MR) is 65.0 cm³/mol. The Labute approximate surface area is 104 Å². The summed E-state index contributed by atoms with van der Waals surface area (Å²) in [6.07, 6.45) is 4.52. The van der Waals surface area contributed by atoms with E-state index in [1.54, 1.807) is 17.0 Å². The van der Waals surface area contributed by atoms with Gasteiger partial charge in [0.2, 0.25) is 6.39 Å². The van der Waals surface area contributed by atoms with E-state index >= 15 is 0 Å². The molecule has 96 valence electrons. The van der Waals surface area contributed by atoms with E-state index in [9.17, 15) is 4.79 Å². The number of hydrogen-bond acceptors (Lipinski definition) is 6. The molecule has 1 N–H and O–H groups in total. The van der Waals surface area contributed by atoms with Crippen molar-refractivity contribution < 1.29 is 4.52 Å². The summed E-state index contributed by atoms with van der Waals surface area (Å²) in [5, 5.41) is 6.55. The smallest absolute Gasteiger partial charge is 0.293 e. The Morgan fingerprint density at radius 1 is 1.44 bits per heavy atom. The van der Waals surface area contributed by atoms with Crippen molar-refractivity contribution in [2.24, 2.45) is 5.92 Å². The summed E-state index contributed by atoms with van der Waals surface area (Å²) in [6, 6.07) is 0. The van der Waals surface area contributed by atoms with Crippen LogP contribution in [0, 0.1) is 5.92 Å². The van der Waals surface area contributed by atoms with Crippen molar-refractivity contribution >= 4 is 5.82 Å². The van der Waals surface area contributed by atoms with Gasteiger partial charge < -0.3 is 14.4 Å². The van der Waals surface area contributed by atoms with E-state index in [1.807, 2.05) is 0 Å². The van der Waals surface area contributed by atoms with Crippen molar-refractivity contribution in [2.75, 3.05) is 5.32 Å². The highest BCUT2D eigenvalue weighted by atomic mass is 16.5. The van der Waals surface area contributed by atoms with E-state index in [1.165, 1.54) is 6.39 Å². The van der Waals surface area contributed by atoms with Gasteiger partial charge in [-0.3, -0.25) is 4.79 Å². The molecule has 0 atom stereocenters. The standard InChI is InChI=1S/C11H15N5O2/c1-8(2)6-16-4-3-12-10(11(16)17)13-5-9-14-7-18-15-9/h3-4,7-8H,5-6H2,1-2H3,(H,12,13). The van der Waals surface area contributed by atoms with E-state index in [0.717, 1.165) is 0 Å². The van der Waals surface area contributed by atoms with Gasteiger partial charge in [-0.25, -0.2) is 4.98 Å². The van der Waals surface area contributed by atoms with E-state index in [0.29, 0.717) is 30.6 Å². The maximum atomic E-state index is 12.0. The molecule has 0 aliphatic heterocycles. The van der Waals surface area contributed by atoms with E-state index in [-0.39, 0.29) is 5.56 Å². The fourth-order valence-corrected chi connectivity index (χ4v) is 1.54. The third-order valence-electron chi connectivity index (χ3n) is 2.30. The number of aromatic nitrogens is 4. The molecule has 2 aromatic heterocycles. The quantitative estimate of drug-likeness (QED) is 0.847. The predicted octanol–water partition coefficient (Wildman–Crippen LogP) is 0.894. The Bertz CT molecular complexity index is 547. The molecule has 0 aromatic carbocycles.